The van der Waals surface area contributed by atoms with Crippen LogP contribution in [0.15, 0.2) is 175 Å². The Hall–Kier alpha value is -5.40. The van der Waals surface area contributed by atoms with E-state index in [0.717, 1.165) is 32.1 Å². The van der Waals surface area contributed by atoms with Crippen LogP contribution < -0.4 is 4.90 Å². The molecule has 0 radical (unpaired) electrons. The summed E-state index contributed by atoms with van der Waals surface area (Å²) in [4.78, 5) is 2.57. The van der Waals surface area contributed by atoms with E-state index < -0.39 is 0 Å². The molecule has 0 fully saturated rings. The van der Waals surface area contributed by atoms with Gasteiger partial charge < -0.3 is 4.90 Å². The molecule has 5 aromatic carbocycles. The average Bonchev–Trinajstić information content (AvgIpc) is 3.20. The first kappa shape index (κ1) is 31.3. The van der Waals surface area contributed by atoms with Gasteiger partial charge in [0, 0.05) is 28.6 Å². The van der Waals surface area contributed by atoms with Gasteiger partial charge in [0.25, 0.3) is 0 Å². The van der Waals surface area contributed by atoms with E-state index in [1.165, 1.54) is 71.9 Å². The molecule has 3 unspecified atom stereocenters. The monoisotopic (exact) mass is 671 g/mol. The van der Waals surface area contributed by atoms with E-state index in [1.54, 1.807) is 5.57 Å². The fraction of sp³-hybridized carbons (Fsp3) is 0.216. The molecule has 0 amide bonds. The lowest BCUT2D eigenvalue weighted by atomic mass is 9.65. The first-order valence-electron chi connectivity index (χ1n) is 19.3. The highest BCUT2D eigenvalue weighted by molar-refractivity contribution is 6.19. The summed E-state index contributed by atoms with van der Waals surface area (Å²) in [5, 5.41) is 5.37. The van der Waals surface area contributed by atoms with Crippen LogP contribution in [-0.2, 0) is 5.41 Å². The molecular weight excluding hydrogens is 627 g/mol. The third kappa shape index (κ3) is 4.90. The highest BCUT2D eigenvalue weighted by Gasteiger charge is 2.44. The predicted molar refractivity (Wildman–Crippen MR) is 222 cm³/mol. The molecule has 0 saturated heterocycles. The van der Waals surface area contributed by atoms with E-state index in [4.69, 9.17) is 0 Å². The molecule has 0 N–H and O–H groups in total. The van der Waals surface area contributed by atoms with Crippen LogP contribution in [0, 0.1) is 11.8 Å². The normalized spacial score (nSPS) is 23.0. The van der Waals surface area contributed by atoms with Crippen LogP contribution in [0.3, 0.4) is 0 Å². The zero-order valence-electron chi connectivity index (χ0n) is 30.2. The summed E-state index contributed by atoms with van der Waals surface area (Å²) >= 11 is 0. The Labute approximate surface area is 308 Å². The maximum Gasteiger partial charge on any atom is 0.0596 e. The summed E-state index contributed by atoms with van der Waals surface area (Å²) in [7, 11) is 0. The highest BCUT2D eigenvalue weighted by atomic mass is 15.2. The van der Waals surface area contributed by atoms with E-state index in [9.17, 15) is 0 Å². The molecule has 0 spiro atoms. The summed E-state index contributed by atoms with van der Waals surface area (Å²) in [5.74, 6) is 0.774. The molecule has 3 atom stereocenters. The van der Waals surface area contributed by atoms with Crippen molar-refractivity contribution in [3.8, 4) is 11.1 Å². The van der Waals surface area contributed by atoms with Gasteiger partial charge in [-0.05, 0) is 111 Å². The number of hydrogen-bond acceptors (Lipinski definition) is 1. The van der Waals surface area contributed by atoms with E-state index in [2.05, 4.69) is 177 Å². The third-order valence-electron chi connectivity index (χ3n) is 12.7. The van der Waals surface area contributed by atoms with Gasteiger partial charge in [0.15, 0.2) is 0 Å². The summed E-state index contributed by atoms with van der Waals surface area (Å²) in [6.45, 7) is 4.81. The zero-order valence-corrected chi connectivity index (χ0v) is 30.2. The minimum atomic E-state index is 0.0430. The number of benzene rings is 5. The Balaban J connectivity index is 1.15. The Morgan fingerprint density at radius 1 is 0.635 bits per heavy atom. The van der Waals surface area contributed by atoms with Gasteiger partial charge in [-0.1, -0.05) is 159 Å². The summed E-state index contributed by atoms with van der Waals surface area (Å²) in [5.41, 5.74) is 14.2. The Morgan fingerprint density at radius 2 is 1.31 bits per heavy atom. The van der Waals surface area contributed by atoms with Gasteiger partial charge in [0.2, 0.25) is 0 Å². The summed E-state index contributed by atoms with van der Waals surface area (Å²) in [6, 6.07) is 37.1. The van der Waals surface area contributed by atoms with Crippen molar-refractivity contribution in [3.05, 3.63) is 186 Å². The van der Waals surface area contributed by atoms with E-state index >= 15 is 0 Å². The van der Waals surface area contributed by atoms with E-state index in [-0.39, 0.29) is 11.5 Å². The van der Waals surface area contributed by atoms with Gasteiger partial charge >= 0.3 is 0 Å². The number of para-hydroxylation sites is 1. The maximum absolute atomic E-state index is 2.59. The van der Waals surface area contributed by atoms with Crippen molar-refractivity contribution in [1.82, 2.24) is 0 Å². The lowest BCUT2D eigenvalue weighted by Gasteiger charge is -2.50. The van der Waals surface area contributed by atoms with Crippen LogP contribution in [0.2, 0.25) is 0 Å². The fourth-order valence-electron chi connectivity index (χ4n) is 10.1. The molecule has 10 rings (SSSR count). The van der Waals surface area contributed by atoms with Crippen LogP contribution in [0.5, 0.6) is 0 Å². The Kier molecular flexibility index (Phi) is 7.46. The smallest absolute Gasteiger partial charge is 0.0596 e. The highest BCUT2D eigenvalue weighted by Crippen LogP contribution is 2.52. The van der Waals surface area contributed by atoms with Crippen molar-refractivity contribution < 1.29 is 0 Å². The number of allylic oxidation sites excluding steroid dienone is 12. The maximum atomic E-state index is 2.59. The average molecular weight is 672 g/mol. The number of nitrogens with zero attached hydrogens (tertiary/aromatic N) is 1. The standard InChI is InChI=1S/C51H45N/c1-51(2)45-24-12-14-26-47(45)52(48-27-15-13-25-46(48)51)38-30-28-35(29-31-38)49-39-20-8-10-22-41(39)50(42-23-11-9-21-40(42)49)44-33-37-19-7-6-18-36(37)32-43(44)34-16-4-3-5-17-34/h3-4,6,8-16,18,20-31,33,43,45,47H,5,7,17,19,32H2,1-2H3. The molecule has 1 heteroatoms. The van der Waals surface area contributed by atoms with Crippen molar-refractivity contribution >= 4 is 38.5 Å². The molecule has 5 aliphatic rings. The number of hydrogen-bond donors (Lipinski definition) is 0. The van der Waals surface area contributed by atoms with Crippen LogP contribution in [0.1, 0.15) is 57.1 Å². The molecular formula is C51H45N. The number of rotatable bonds is 4. The van der Waals surface area contributed by atoms with E-state index in [0.29, 0.717) is 11.8 Å². The number of anilines is 2. The fourth-order valence-corrected chi connectivity index (χ4v) is 10.1. The van der Waals surface area contributed by atoms with Gasteiger partial charge in [0.05, 0.1) is 6.04 Å². The lowest BCUT2D eigenvalue weighted by Crippen LogP contribution is -2.49. The lowest BCUT2D eigenvalue weighted by molar-refractivity contribution is 0.332. The molecule has 52 heavy (non-hydrogen) atoms. The van der Waals surface area contributed by atoms with Crippen molar-refractivity contribution in [1.29, 1.82) is 0 Å². The minimum absolute atomic E-state index is 0.0430. The summed E-state index contributed by atoms with van der Waals surface area (Å²) < 4.78 is 0. The second-order valence-corrected chi connectivity index (χ2v) is 15.8. The van der Waals surface area contributed by atoms with E-state index in [1.807, 2.05) is 0 Å². The van der Waals surface area contributed by atoms with Crippen molar-refractivity contribution in [3.63, 3.8) is 0 Å². The molecule has 1 aliphatic heterocycles. The van der Waals surface area contributed by atoms with Gasteiger partial charge in [-0.3, -0.25) is 0 Å². The quantitative estimate of drug-likeness (QED) is 0.172. The Bertz CT molecular complexity index is 2420. The van der Waals surface area contributed by atoms with Crippen molar-refractivity contribution in [2.75, 3.05) is 4.90 Å². The first-order chi connectivity index (χ1) is 25.6. The molecule has 0 aromatic heterocycles. The second kappa shape index (κ2) is 12.4. The van der Waals surface area contributed by atoms with Gasteiger partial charge in [-0.25, -0.2) is 0 Å². The molecule has 0 saturated carbocycles. The van der Waals surface area contributed by atoms with Gasteiger partial charge in [0.1, 0.15) is 0 Å². The van der Waals surface area contributed by atoms with Crippen molar-refractivity contribution in [2.24, 2.45) is 11.8 Å². The first-order valence-corrected chi connectivity index (χ1v) is 19.3. The molecule has 1 heterocycles. The molecule has 254 valence electrons. The molecule has 1 nitrogen and oxygen atoms in total. The second-order valence-electron chi connectivity index (χ2n) is 15.8. The minimum Gasteiger partial charge on any atom is -0.334 e. The van der Waals surface area contributed by atoms with Crippen LogP contribution in [-0.4, -0.2) is 6.04 Å². The largest absolute Gasteiger partial charge is 0.334 e. The van der Waals surface area contributed by atoms with Gasteiger partial charge in [-0.2, -0.15) is 0 Å². The number of fused-ring (bicyclic) bond motifs is 4. The Morgan fingerprint density at radius 3 is 2.04 bits per heavy atom. The van der Waals surface area contributed by atoms with Crippen LogP contribution in [0.4, 0.5) is 11.4 Å². The molecule has 0 bridgehead atoms. The van der Waals surface area contributed by atoms with Crippen LogP contribution in [0.25, 0.3) is 38.2 Å². The SMILES string of the molecule is CC1(C)c2ccccc2N(c2ccc(-c3c4ccccc4c(C4=CC5=C(C=CCC5)CC4C4=CC=CCC4)c4ccccc34)cc2)C2C=CC=CC21. The molecule has 4 aliphatic carbocycles. The topological polar surface area (TPSA) is 3.24 Å². The zero-order chi connectivity index (χ0) is 34.8. The predicted octanol–water partition coefficient (Wildman–Crippen LogP) is 13.5. The third-order valence-corrected chi connectivity index (χ3v) is 12.7. The van der Waals surface area contributed by atoms with Crippen molar-refractivity contribution in [2.45, 2.75) is 57.4 Å². The van der Waals surface area contributed by atoms with Crippen LogP contribution >= 0.6 is 0 Å². The molecule has 5 aromatic rings. The summed E-state index contributed by atoms with van der Waals surface area (Å²) in [6.07, 6.45) is 29.3. The van der Waals surface area contributed by atoms with Gasteiger partial charge in [-0.15, -0.1) is 0 Å².